The maximum atomic E-state index is 12.2. The van der Waals surface area contributed by atoms with Crippen LogP contribution in [-0.2, 0) is 9.53 Å². The third-order valence-electron chi connectivity index (χ3n) is 3.58. The van der Waals surface area contributed by atoms with Crippen LogP contribution in [0.15, 0.2) is 18.2 Å². The van der Waals surface area contributed by atoms with Crippen molar-refractivity contribution in [2.75, 3.05) is 25.1 Å². The fourth-order valence-corrected chi connectivity index (χ4v) is 2.21. The Kier molecular flexibility index (Phi) is 4.59. The number of nitrogens with one attached hydrogen (secondary N) is 2. The standard InChI is InChI=1S/C15H21N3O3/c1-3-17-13(19)11-4-5-12(10(2)8-11)18-14(20)15(16)6-7-21-9-15/h4-5,8H,3,6-7,9,16H2,1-2H3,(H,17,19)(H,18,20). The van der Waals surface area contributed by atoms with Crippen LogP contribution in [-0.4, -0.2) is 37.1 Å². The Bertz CT molecular complexity index is 551. The molecular weight excluding hydrogens is 270 g/mol. The lowest BCUT2D eigenvalue weighted by atomic mass is 9.98. The minimum Gasteiger partial charge on any atom is -0.379 e. The van der Waals surface area contributed by atoms with Gasteiger partial charge in [-0.1, -0.05) is 0 Å². The Morgan fingerprint density at radius 3 is 2.76 bits per heavy atom. The summed E-state index contributed by atoms with van der Waals surface area (Å²) in [5, 5.41) is 5.55. The van der Waals surface area contributed by atoms with Crippen molar-refractivity contribution in [1.82, 2.24) is 5.32 Å². The van der Waals surface area contributed by atoms with Gasteiger partial charge in [-0.3, -0.25) is 9.59 Å². The summed E-state index contributed by atoms with van der Waals surface area (Å²) >= 11 is 0. The number of hydrogen-bond donors (Lipinski definition) is 3. The molecule has 6 heteroatoms. The molecule has 1 aromatic rings. The minimum absolute atomic E-state index is 0.127. The molecule has 1 heterocycles. The van der Waals surface area contributed by atoms with Crippen molar-refractivity contribution in [2.45, 2.75) is 25.8 Å². The summed E-state index contributed by atoms with van der Waals surface area (Å²) < 4.78 is 5.19. The molecule has 6 nitrogen and oxygen atoms in total. The fourth-order valence-electron chi connectivity index (χ4n) is 2.21. The molecule has 0 saturated carbocycles. The molecule has 1 aliphatic rings. The van der Waals surface area contributed by atoms with Gasteiger partial charge in [0.05, 0.1) is 6.61 Å². The van der Waals surface area contributed by atoms with Crippen LogP contribution < -0.4 is 16.4 Å². The minimum atomic E-state index is -0.968. The van der Waals surface area contributed by atoms with E-state index in [9.17, 15) is 9.59 Å². The number of benzene rings is 1. The molecule has 1 aliphatic heterocycles. The summed E-state index contributed by atoms with van der Waals surface area (Å²) in [5.74, 6) is -0.383. The van der Waals surface area contributed by atoms with E-state index in [1.165, 1.54) is 0 Å². The van der Waals surface area contributed by atoms with Gasteiger partial charge in [-0.25, -0.2) is 0 Å². The smallest absolute Gasteiger partial charge is 0.251 e. The quantitative estimate of drug-likeness (QED) is 0.765. The molecule has 1 saturated heterocycles. The van der Waals surface area contributed by atoms with Gasteiger partial charge in [-0.2, -0.15) is 0 Å². The Hall–Kier alpha value is -1.92. The lowest BCUT2D eigenvalue weighted by Crippen LogP contribution is -2.51. The van der Waals surface area contributed by atoms with Crippen LogP contribution in [0.2, 0.25) is 0 Å². The number of carbonyl (C=O) groups excluding carboxylic acids is 2. The molecule has 0 aliphatic carbocycles. The molecule has 2 amide bonds. The van der Waals surface area contributed by atoms with Crippen molar-refractivity contribution >= 4 is 17.5 Å². The highest BCUT2D eigenvalue weighted by Gasteiger charge is 2.38. The van der Waals surface area contributed by atoms with Crippen molar-refractivity contribution in [3.63, 3.8) is 0 Å². The van der Waals surface area contributed by atoms with E-state index in [4.69, 9.17) is 10.5 Å². The van der Waals surface area contributed by atoms with Crippen molar-refractivity contribution in [2.24, 2.45) is 5.73 Å². The average Bonchev–Trinajstić information content (AvgIpc) is 2.89. The number of ether oxygens (including phenoxy) is 1. The van der Waals surface area contributed by atoms with Crippen LogP contribution in [0, 0.1) is 6.92 Å². The van der Waals surface area contributed by atoms with Crippen LogP contribution in [0.25, 0.3) is 0 Å². The van der Waals surface area contributed by atoms with Gasteiger partial charge in [0, 0.05) is 24.4 Å². The monoisotopic (exact) mass is 291 g/mol. The number of anilines is 1. The molecular formula is C15H21N3O3. The topological polar surface area (TPSA) is 93.5 Å². The molecule has 4 N–H and O–H groups in total. The van der Waals surface area contributed by atoms with Crippen molar-refractivity contribution < 1.29 is 14.3 Å². The van der Waals surface area contributed by atoms with Gasteiger partial charge in [0.2, 0.25) is 5.91 Å². The molecule has 114 valence electrons. The molecule has 0 aromatic heterocycles. The summed E-state index contributed by atoms with van der Waals surface area (Å²) in [4.78, 5) is 24.0. The Morgan fingerprint density at radius 2 is 2.19 bits per heavy atom. The third kappa shape index (κ3) is 3.40. The van der Waals surface area contributed by atoms with E-state index in [0.717, 1.165) is 5.56 Å². The van der Waals surface area contributed by atoms with Gasteiger partial charge < -0.3 is 21.1 Å². The van der Waals surface area contributed by atoms with Crippen LogP contribution in [0.1, 0.15) is 29.3 Å². The first kappa shape index (κ1) is 15.5. The van der Waals surface area contributed by atoms with Gasteiger partial charge in [-0.05, 0) is 44.0 Å². The van der Waals surface area contributed by atoms with Crippen molar-refractivity contribution in [3.8, 4) is 0 Å². The molecule has 1 fully saturated rings. The van der Waals surface area contributed by atoms with E-state index < -0.39 is 5.54 Å². The van der Waals surface area contributed by atoms with Crippen molar-refractivity contribution in [3.05, 3.63) is 29.3 Å². The highest BCUT2D eigenvalue weighted by Crippen LogP contribution is 2.21. The second kappa shape index (κ2) is 6.24. The number of amides is 2. The predicted octanol–water partition coefficient (Wildman–Crippen LogP) is 0.801. The molecule has 1 atom stereocenters. The number of nitrogens with two attached hydrogens (primary N) is 1. The zero-order valence-corrected chi connectivity index (χ0v) is 12.4. The maximum Gasteiger partial charge on any atom is 0.251 e. The molecule has 0 radical (unpaired) electrons. The maximum absolute atomic E-state index is 12.2. The largest absolute Gasteiger partial charge is 0.379 e. The molecule has 0 bridgehead atoms. The zero-order chi connectivity index (χ0) is 15.5. The summed E-state index contributed by atoms with van der Waals surface area (Å²) in [5.41, 5.74) is 7.09. The first-order valence-electron chi connectivity index (χ1n) is 7.03. The SMILES string of the molecule is CCNC(=O)c1ccc(NC(=O)C2(N)CCOC2)c(C)c1. The third-order valence-corrected chi connectivity index (χ3v) is 3.58. The van der Waals surface area contributed by atoms with E-state index in [1.54, 1.807) is 18.2 Å². The molecule has 21 heavy (non-hydrogen) atoms. The van der Waals surface area contributed by atoms with E-state index in [-0.39, 0.29) is 18.4 Å². The number of carbonyl (C=O) groups is 2. The first-order chi connectivity index (χ1) is 9.96. The second-order valence-electron chi connectivity index (χ2n) is 5.30. The predicted molar refractivity (Wildman–Crippen MR) is 80.2 cm³/mol. The first-order valence-corrected chi connectivity index (χ1v) is 7.03. The molecule has 2 rings (SSSR count). The second-order valence-corrected chi connectivity index (χ2v) is 5.30. The summed E-state index contributed by atoms with van der Waals surface area (Å²) in [6.45, 7) is 5.01. The van der Waals surface area contributed by atoms with Gasteiger partial charge in [-0.15, -0.1) is 0 Å². The van der Waals surface area contributed by atoms with Gasteiger partial charge in [0.15, 0.2) is 0 Å². The van der Waals surface area contributed by atoms with Crippen LogP contribution >= 0.6 is 0 Å². The lowest BCUT2D eigenvalue weighted by Gasteiger charge is -2.21. The molecule has 1 unspecified atom stereocenters. The normalized spacial score (nSPS) is 21.1. The van der Waals surface area contributed by atoms with Crippen LogP contribution in [0.4, 0.5) is 5.69 Å². The highest BCUT2D eigenvalue weighted by molar-refractivity contribution is 6.00. The summed E-state index contributed by atoms with van der Waals surface area (Å²) in [7, 11) is 0. The molecule has 1 aromatic carbocycles. The van der Waals surface area contributed by atoms with Gasteiger partial charge in [0.25, 0.3) is 5.91 Å². The molecule has 0 spiro atoms. The fraction of sp³-hybridized carbons (Fsp3) is 0.467. The van der Waals surface area contributed by atoms with E-state index >= 15 is 0 Å². The van der Waals surface area contributed by atoms with Crippen molar-refractivity contribution in [1.29, 1.82) is 0 Å². The number of rotatable bonds is 4. The van der Waals surface area contributed by atoms with E-state index in [1.807, 2.05) is 13.8 Å². The lowest BCUT2D eigenvalue weighted by molar-refractivity contribution is -0.121. The van der Waals surface area contributed by atoms with E-state index in [0.29, 0.717) is 30.8 Å². The van der Waals surface area contributed by atoms with E-state index in [2.05, 4.69) is 10.6 Å². The van der Waals surface area contributed by atoms with Gasteiger partial charge in [0.1, 0.15) is 5.54 Å². The zero-order valence-electron chi connectivity index (χ0n) is 12.4. The average molecular weight is 291 g/mol. The Balaban J connectivity index is 2.11. The van der Waals surface area contributed by atoms with Crippen LogP contribution in [0.5, 0.6) is 0 Å². The Labute approximate surface area is 124 Å². The van der Waals surface area contributed by atoms with Crippen LogP contribution in [0.3, 0.4) is 0 Å². The number of hydrogen-bond acceptors (Lipinski definition) is 4. The number of aryl methyl sites for hydroxylation is 1. The summed E-state index contributed by atoms with van der Waals surface area (Å²) in [6.07, 6.45) is 0.509. The highest BCUT2D eigenvalue weighted by atomic mass is 16.5. The van der Waals surface area contributed by atoms with Gasteiger partial charge >= 0.3 is 0 Å². The Morgan fingerprint density at radius 1 is 1.43 bits per heavy atom. The summed E-state index contributed by atoms with van der Waals surface area (Å²) in [6, 6.07) is 5.15.